The summed E-state index contributed by atoms with van der Waals surface area (Å²) in [4.78, 5) is 18.7. The van der Waals surface area contributed by atoms with Gasteiger partial charge in [0.1, 0.15) is 5.82 Å². The topological polar surface area (TPSA) is 50.2 Å². The zero-order valence-corrected chi connectivity index (χ0v) is 13.9. The molecule has 1 N–H and O–H groups in total. The Morgan fingerprint density at radius 3 is 2.71 bits per heavy atom. The summed E-state index contributed by atoms with van der Waals surface area (Å²) in [6.07, 6.45) is 2.21. The van der Waals surface area contributed by atoms with Crippen molar-refractivity contribution in [1.29, 1.82) is 0 Å². The van der Waals surface area contributed by atoms with Crippen molar-refractivity contribution in [3.05, 3.63) is 17.2 Å². The van der Waals surface area contributed by atoms with Gasteiger partial charge in [-0.25, -0.2) is 4.98 Å². The quantitative estimate of drug-likeness (QED) is 0.920. The van der Waals surface area contributed by atoms with Gasteiger partial charge in [-0.2, -0.15) is 0 Å². The molecule has 0 bridgehead atoms. The average molecular weight is 292 g/mol. The monoisotopic (exact) mass is 292 g/mol. The molecule has 0 aliphatic carbocycles. The van der Waals surface area contributed by atoms with Crippen molar-refractivity contribution >= 4 is 5.91 Å². The fourth-order valence-electron chi connectivity index (χ4n) is 2.89. The molecule has 21 heavy (non-hydrogen) atoms. The van der Waals surface area contributed by atoms with Gasteiger partial charge in [-0.3, -0.25) is 4.79 Å². The zero-order valence-electron chi connectivity index (χ0n) is 13.9. The van der Waals surface area contributed by atoms with E-state index in [-0.39, 0.29) is 11.8 Å². The first-order chi connectivity index (χ1) is 9.90. The van der Waals surface area contributed by atoms with Gasteiger partial charge >= 0.3 is 0 Å². The summed E-state index contributed by atoms with van der Waals surface area (Å²) in [5.74, 6) is 1.42. The predicted molar refractivity (Wildman–Crippen MR) is 84.0 cm³/mol. The van der Waals surface area contributed by atoms with E-state index in [0.717, 1.165) is 44.0 Å². The molecule has 2 heterocycles. The normalized spacial score (nSPS) is 19.3. The highest BCUT2D eigenvalue weighted by Gasteiger charge is 2.25. The number of rotatable bonds is 4. The first-order valence-corrected chi connectivity index (χ1v) is 7.91. The van der Waals surface area contributed by atoms with Crippen molar-refractivity contribution in [3.63, 3.8) is 0 Å². The Morgan fingerprint density at radius 1 is 1.43 bits per heavy atom. The Labute approximate surface area is 127 Å². The van der Waals surface area contributed by atoms with E-state index in [2.05, 4.69) is 28.8 Å². The molecular formula is C16H28N4O. The molecule has 5 heteroatoms. The summed E-state index contributed by atoms with van der Waals surface area (Å²) in [6.45, 7) is 10.6. The minimum atomic E-state index is 0.0867. The first kappa shape index (κ1) is 16.0. The number of amides is 1. The molecule has 118 valence electrons. The number of imidazole rings is 1. The number of aryl methyl sites for hydroxylation is 1. The highest BCUT2D eigenvalue weighted by molar-refractivity contribution is 5.78. The van der Waals surface area contributed by atoms with E-state index in [1.807, 2.05) is 25.7 Å². The van der Waals surface area contributed by atoms with Gasteiger partial charge in [0.25, 0.3) is 0 Å². The van der Waals surface area contributed by atoms with E-state index < -0.39 is 0 Å². The number of hydrogen-bond donors (Lipinski definition) is 1. The van der Waals surface area contributed by atoms with E-state index in [0.29, 0.717) is 6.04 Å². The van der Waals surface area contributed by atoms with Crippen LogP contribution >= 0.6 is 0 Å². The average Bonchev–Trinajstić information content (AvgIpc) is 2.71. The number of carbonyl (C=O) groups is 1. The fraction of sp³-hybridized carbons (Fsp3) is 0.750. The molecule has 0 radical (unpaired) electrons. The van der Waals surface area contributed by atoms with Crippen LogP contribution in [0, 0.1) is 19.8 Å². The maximum absolute atomic E-state index is 12.1. The molecule has 1 aliphatic heterocycles. The smallest absolute Gasteiger partial charge is 0.225 e. The SMILES string of the molecule is Cc1nc(CN[C@H]2CCCN(C(=O)C(C)C)C2)n(C)c1C. The van der Waals surface area contributed by atoms with Crippen LogP contribution in [-0.4, -0.2) is 39.5 Å². The summed E-state index contributed by atoms with van der Waals surface area (Å²) < 4.78 is 2.14. The number of hydrogen-bond acceptors (Lipinski definition) is 3. The highest BCUT2D eigenvalue weighted by Crippen LogP contribution is 2.14. The molecule has 1 aliphatic rings. The van der Waals surface area contributed by atoms with Crippen LogP contribution < -0.4 is 5.32 Å². The van der Waals surface area contributed by atoms with Gasteiger partial charge in [-0.1, -0.05) is 13.8 Å². The standard InChI is InChI=1S/C16H28N4O/c1-11(2)16(21)20-8-6-7-14(10-20)17-9-15-18-12(3)13(4)19(15)5/h11,14,17H,6-10H2,1-5H3/t14-/m0/s1. The van der Waals surface area contributed by atoms with Gasteiger partial charge in [0.2, 0.25) is 5.91 Å². The molecule has 5 nitrogen and oxygen atoms in total. The first-order valence-electron chi connectivity index (χ1n) is 7.91. The number of piperidine rings is 1. The van der Waals surface area contributed by atoms with Gasteiger partial charge in [-0.15, -0.1) is 0 Å². The van der Waals surface area contributed by atoms with Crippen molar-refractivity contribution < 1.29 is 4.79 Å². The molecule has 0 spiro atoms. The predicted octanol–water partition coefficient (Wildman–Crippen LogP) is 1.77. The van der Waals surface area contributed by atoms with Crippen LogP contribution in [0.3, 0.4) is 0 Å². The summed E-state index contributed by atoms with van der Waals surface area (Å²) in [6, 6.07) is 0.374. The van der Waals surface area contributed by atoms with Crippen LogP contribution in [0.25, 0.3) is 0 Å². The van der Waals surface area contributed by atoms with Crippen LogP contribution in [0.4, 0.5) is 0 Å². The third kappa shape index (κ3) is 3.64. The summed E-state index contributed by atoms with van der Waals surface area (Å²) in [7, 11) is 2.06. The second kappa shape index (κ2) is 6.60. The van der Waals surface area contributed by atoms with Crippen molar-refractivity contribution in [3.8, 4) is 0 Å². The van der Waals surface area contributed by atoms with E-state index in [4.69, 9.17) is 0 Å². The van der Waals surface area contributed by atoms with Gasteiger partial charge < -0.3 is 14.8 Å². The van der Waals surface area contributed by atoms with Crippen LogP contribution in [0.15, 0.2) is 0 Å². The minimum Gasteiger partial charge on any atom is -0.341 e. The Kier molecular flexibility index (Phi) is 5.04. The number of aromatic nitrogens is 2. The number of carbonyl (C=O) groups excluding carboxylic acids is 1. The van der Waals surface area contributed by atoms with Crippen LogP contribution in [0.2, 0.25) is 0 Å². The van der Waals surface area contributed by atoms with Crippen molar-refractivity contribution in [2.75, 3.05) is 13.1 Å². The van der Waals surface area contributed by atoms with Crippen molar-refractivity contribution in [1.82, 2.24) is 19.8 Å². The van der Waals surface area contributed by atoms with E-state index in [1.165, 1.54) is 5.69 Å². The molecule has 0 aromatic carbocycles. The lowest BCUT2D eigenvalue weighted by Gasteiger charge is -2.34. The lowest BCUT2D eigenvalue weighted by Crippen LogP contribution is -2.49. The molecule has 0 saturated carbocycles. The molecule has 1 saturated heterocycles. The summed E-state index contributed by atoms with van der Waals surface area (Å²) >= 11 is 0. The van der Waals surface area contributed by atoms with Crippen molar-refractivity contribution in [2.45, 2.75) is 53.1 Å². The third-order valence-electron chi connectivity index (χ3n) is 4.49. The third-order valence-corrected chi connectivity index (χ3v) is 4.49. The summed E-state index contributed by atoms with van der Waals surface area (Å²) in [5, 5.41) is 3.57. The lowest BCUT2D eigenvalue weighted by atomic mass is 10.0. The summed E-state index contributed by atoms with van der Waals surface area (Å²) in [5.41, 5.74) is 2.31. The number of nitrogens with one attached hydrogen (secondary N) is 1. The molecule has 1 aromatic rings. The van der Waals surface area contributed by atoms with Crippen molar-refractivity contribution in [2.24, 2.45) is 13.0 Å². The van der Waals surface area contributed by atoms with Gasteiger partial charge in [0, 0.05) is 37.8 Å². The van der Waals surface area contributed by atoms with Crippen LogP contribution in [0.1, 0.15) is 43.9 Å². The second-order valence-corrected chi connectivity index (χ2v) is 6.42. The molecular weight excluding hydrogens is 264 g/mol. The molecule has 1 aromatic heterocycles. The van der Waals surface area contributed by atoms with Gasteiger partial charge in [0.15, 0.2) is 0 Å². The molecule has 1 fully saturated rings. The maximum atomic E-state index is 12.1. The van der Waals surface area contributed by atoms with Gasteiger partial charge in [0.05, 0.1) is 12.2 Å². The van der Waals surface area contributed by atoms with Crippen LogP contribution in [-0.2, 0) is 18.4 Å². The van der Waals surface area contributed by atoms with E-state index >= 15 is 0 Å². The van der Waals surface area contributed by atoms with E-state index in [1.54, 1.807) is 0 Å². The Balaban J connectivity index is 1.91. The molecule has 1 amide bonds. The Morgan fingerprint density at radius 2 is 2.14 bits per heavy atom. The largest absolute Gasteiger partial charge is 0.341 e. The molecule has 2 rings (SSSR count). The number of likely N-dealkylation sites (tertiary alicyclic amines) is 1. The maximum Gasteiger partial charge on any atom is 0.225 e. The Hall–Kier alpha value is -1.36. The highest BCUT2D eigenvalue weighted by atomic mass is 16.2. The van der Waals surface area contributed by atoms with Crippen LogP contribution in [0.5, 0.6) is 0 Å². The second-order valence-electron chi connectivity index (χ2n) is 6.42. The number of nitrogens with zero attached hydrogens (tertiary/aromatic N) is 3. The minimum absolute atomic E-state index is 0.0867. The Bertz CT molecular complexity index is 507. The lowest BCUT2D eigenvalue weighted by molar-refractivity contribution is -0.135. The zero-order chi connectivity index (χ0) is 15.6. The molecule has 1 atom stereocenters. The molecule has 0 unspecified atom stereocenters. The van der Waals surface area contributed by atoms with Gasteiger partial charge in [-0.05, 0) is 26.7 Å². The fourth-order valence-corrected chi connectivity index (χ4v) is 2.89. The van der Waals surface area contributed by atoms with E-state index in [9.17, 15) is 4.79 Å².